The third kappa shape index (κ3) is 5.73. The number of anilines is 1. The van der Waals surface area contributed by atoms with E-state index < -0.39 is 10.0 Å². The highest BCUT2D eigenvalue weighted by Gasteiger charge is 2.25. The van der Waals surface area contributed by atoms with Crippen LogP contribution in [0.5, 0.6) is 0 Å². The van der Waals surface area contributed by atoms with E-state index in [2.05, 4.69) is 5.32 Å². The zero-order valence-electron chi connectivity index (χ0n) is 18.1. The summed E-state index contributed by atoms with van der Waals surface area (Å²) in [6.07, 6.45) is 1.79. The average molecular weight is 437 g/mol. The minimum Gasteiger partial charge on any atom is -0.344 e. The molecule has 0 saturated heterocycles. The van der Waals surface area contributed by atoms with Crippen LogP contribution in [-0.2, 0) is 21.2 Å². The Labute approximate surface area is 184 Å². The van der Waals surface area contributed by atoms with E-state index in [1.807, 2.05) is 80.6 Å². The van der Waals surface area contributed by atoms with Crippen molar-refractivity contribution < 1.29 is 13.2 Å². The molecule has 3 rings (SSSR count). The van der Waals surface area contributed by atoms with E-state index in [1.54, 1.807) is 12.1 Å². The van der Waals surface area contributed by atoms with Gasteiger partial charge in [0.1, 0.15) is 6.54 Å². The van der Waals surface area contributed by atoms with Crippen molar-refractivity contribution in [3.05, 3.63) is 101 Å². The highest BCUT2D eigenvalue weighted by molar-refractivity contribution is 7.92. The van der Waals surface area contributed by atoms with Gasteiger partial charge in [-0.3, -0.25) is 9.10 Å². The highest BCUT2D eigenvalue weighted by Crippen LogP contribution is 2.25. The van der Waals surface area contributed by atoms with E-state index in [4.69, 9.17) is 0 Å². The first kappa shape index (κ1) is 22.6. The molecule has 0 fully saturated rings. The van der Waals surface area contributed by atoms with Crippen molar-refractivity contribution in [3.63, 3.8) is 0 Å². The van der Waals surface area contributed by atoms with Crippen molar-refractivity contribution in [2.75, 3.05) is 17.1 Å². The van der Waals surface area contributed by atoms with E-state index >= 15 is 0 Å². The lowest BCUT2D eigenvalue weighted by Crippen LogP contribution is -2.42. The lowest BCUT2D eigenvalue weighted by molar-refractivity contribution is -0.120. The number of amides is 1. The first-order valence-corrected chi connectivity index (χ1v) is 12.1. The molecule has 5 nitrogen and oxygen atoms in total. The molecule has 0 aliphatic carbocycles. The lowest BCUT2D eigenvalue weighted by atomic mass is 9.98. The summed E-state index contributed by atoms with van der Waals surface area (Å²) in [7, 11) is -3.64. The third-order valence-corrected chi connectivity index (χ3v) is 6.30. The van der Waals surface area contributed by atoms with Gasteiger partial charge in [-0.1, -0.05) is 85.3 Å². The number of nitrogens with one attached hydrogen (secondary N) is 1. The molecule has 1 amide bonds. The quantitative estimate of drug-likeness (QED) is 0.575. The number of carbonyl (C=O) groups is 1. The third-order valence-electron chi connectivity index (χ3n) is 5.18. The Balaban J connectivity index is 1.91. The maximum absolute atomic E-state index is 13.1. The highest BCUT2D eigenvalue weighted by atomic mass is 32.2. The summed E-state index contributed by atoms with van der Waals surface area (Å²) in [6, 6.07) is 24.5. The SMILES string of the molecule is CCc1ccccc1N(CC(=O)N[C@@H](c1ccccc1)c1ccc(C)cc1)S(C)(=O)=O. The van der Waals surface area contributed by atoms with E-state index in [1.165, 1.54) is 4.31 Å². The summed E-state index contributed by atoms with van der Waals surface area (Å²) in [6.45, 7) is 3.68. The number of rotatable bonds is 8. The van der Waals surface area contributed by atoms with Crippen LogP contribution in [0.15, 0.2) is 78.9 Å². The largest absolute Gasteiger partial charge is 0.344 e. The second kappa shape index (κ2) is 9.79. The standard InChI is InChI=1S/C25H28N2O3S/c1-4-20-10-8-9-13-23(20)27(31(3,29)30)18-24(28)26-25(21-11-6-5-7-12-21)22-16-14-19(2)15-17-22/h5-17,25H,4,18H2,1-3H3,(H,26,28)/t25-/m0/s1. The van der Waals surface area contributed by atoms with Gasteiger partial charge in [0.05, 0.1) is 18.0 Å². The molecule has 1 atom stereocenters. The van der Waals surface area contributed by atoms with Crippen LogP contribution in [0.1, 0.15) is 35.2 Å². The smallest absolute Gasteiger partial charge is 0.241 e. The first-order chi connectivity index (χ1) is 14.8. The molecular formula is C25H28N2O3S. The van der Waals surface area contributed by atoms with Crippen LogP contribution in [0.2, 0.25) is 0 Å². The Morgan fingerprint density at radius 3 is 2.10 bits per heavy atom. The van der Waals surface area contributed by atoms with Gasteiger partial charge >= 0.3 is 0 Å². The summed E-state index contributed by atoms with van der Waals surface area (Å²) < 4.78 is 26.3. The fourth-order valence-corrected chi connectivity index (χ4v) is 4.42. The first-order valence-electron chi connectivity index (χ1n) is 10.3. The average Bonchev–Trinajstić information content (AvgIpc) is 2.76. The van der Waals surface area contributed by atoms with Crippen molar-refractivity contribution in [1.82, 2.24) is 5.32 Å². The molecule has 0 heterocycles. The van der Waals surface area contributed by atoms with Crippen LogP contribution < -0.4 is 9.62 Å². The molecule has 0 aliphatic rings. The van der Waals surface area contributed by atoms with Gasteiger partial charge in [0, 0.05) is 0 Å². The second-order valence-electron chi connectivity index (χ2n) is 7.57. The van der Waals surface area contributed by atoms with Crippen molar-refractivity contribution in [3.8, 4) is 0 Å². The van der Waals surface area contributed by atoms with Crippen molar-refractivity contribution in [2.24, 2.45) is 0 Å². The molecule has 6 heteroatoms. The predicted molar refractivity (Wildman–Crippen MR) is 126 cm³/mol. The minimum atomic E-state index is -3.64. The summed E-state index contributed by atoms with van der Waals surface area (Å²) in [5.74, 6) is -0.370. The number of aryl methyl sites for hydroxylation is 2. The molecule has 0 spiro atoms. The van der Waals surface area contributed by atoms with Gasteiger partial charge in [0.15, 0.2) is 0 Å². The molecule has 0 radical (unpaired) electrons. The van der Waals surface area contributed by atoms with Crippen molar-refractivity contribution >= 4 is 21.6 Å². The molecule has 3 aromatic rings. The Hall–Kier alpha value is -3.12. The fraction of sp³-hybridized carbons (Fsp3) is 0.240. The second-order valence-corrected chi connectivity index (χ2v) is 9.48. The Kier molecular flexibility index (Phi) is 7.13. The van der Waals surface area contributed by atoms with Gasteiger partial charge in [0.25, 0.3) is 0 Å². The summed E-state index contributed by atoms with van der Waals surface area (Å²) in [4.78, 5) is 13.1. The molecule has 0 unspecified atom stereocenters. The Morgan fingerprint density at radius 1 is 0.903 bits per heavy atom. The molecule has 0 saturated carbocycles. The molecule has 31 heavy (non-hydrogen) atoms. The van der Waals surface area contributed by atoms with Crippen LogP contribution in [0.3, 0.4) is 0 Å². The fourth-order valence-electron chi connectivity index (χ4n) is 3.53. The lowest BCUT2D eigenvalue weighted by Gasteiger charge is -2.26. The summed E-state index contributed by atoms with van der Waals surface area (Å²) in [5, 5.41) is 3.03. The van der Waals surface area contributed by atoms with E-state index in [9.17, 15) is 13.2 Å². The number of hydrogen-bond donors (Lipinski definition) is 1. The molecular weight excluding hydrogens is 408 g/mol. The molecule has 0 aliphatic heterocycles. The molecule has 1 N–H and O–H groups in total. The molecule has 162 valence electrons. The van der Waals surface area contributed by atoms with E-state index in [-0.39, 0.29) is 18.5 Å². The van der Waals surface area contributed by atoms with Crippen LogP contribution in [0.25, 0.3) is 0 Å². The number of para-hydroxylation sites is 1. The number of hydrogen-bond acceptors (Lipinski definition) is 3. The molecule has 0 aromatic heterocycles. The van der Waals surface area contributed by atoms with Gasteiger partial charge in [-0.2, -0.15) is 0 Å². The van der Waals surface area contributed by atoms with Gasteiger partial charge in [-0.05, 0) is 36.1 Å². The number of benzene rings is 3. The summed E-state index contributed by atoms with van der Waals surface area (Å²) >= 11 is 0. The maximum atomic E-state index is 13.1. The van der Waals surface area contributed by atoms with Crippen molar-refractivity contribution in [2.45, 2.75) is 26.3 Å². The van der Waals surface area contributed by atoms with Crippen LogP contribution in [0, 0.1) is 6.92 Å². The number of carbonyl (C=O) groups excluding carboxylic acids is 1. The zero-order valence-corrected chi connectivity index (χ0v) is 18.9. The van der Waals surface area contributed by atoms with Crippen LogP contribution in [-0.4, -0.2) is 27.1 Å². The van der Waals surface area contributed by atoms with Gasteiger partial charge < -0.3 is 5.32 Å². The predicted octanol–water partition coefficient (Wildman–Crippen LogP) is 4.23. The topological polar surface area (TPSA) is 66.5 Å². The molecule has 3 aromatic carbocycles. The normalized spacial score (nSPS) is 12.2. The van der Waals surface area contributed by atoms with Crippen molar-refractivity contribution in [1.29, 1.82) is 0 Å². The minimum absolute atomic E-state index is 0.287. The summed E-state index contributed by atoms with van der Waals surface area (Å²) in [5.41, 5.74) is 4.40. The van der Waals surface area contributed by atoms with Crippen LogP contribution >= 0.6 is 0 Å². The molecule has 0 bridgehead atoms. The monoisotopic (exact) mass is 436 g/mol. The van der Waals surface area contributed by atoms with Gasteiger partial charge in [-0.25, -0.2) is 8.42 Å². The van der Waals surface area contributed by atoms with E-state index in [0.29, 0.717) is 12.1 Å². The Morgan fingerprint density at radius 2 is 1.48 bits per heavy atom. The zero-order chi connectivity index (χ0) is 22.4. The maximum Gasteiger partial charge on any atom is 0.241 e. The van der Waals surface area contributed by atoms with E-state index in [0.717, 1.165) is 28.5 Å². The van der Waals surface area contributed by atoms with Gasteiger partial charge in [-0.15, -0.1) is 0 Å². The number of nitrogens with zero attached hydrogens (tertiary/aromatic N) is 1. The number of sulfonamides is 1. The van der Waals surface area contributed by atoms with Crippen LogP contribution in [0.4, 0.5) is 5.69 Å². The van der Waals surface area contributed by atoms with Gasteiger partial charge in [0.2, 0.25) is 15.9 Å². The Bertz CT molecular complexity index is 1130.